The fraction of sp³-hybridized carbons (Fsp3) is 0.333. The maximum Gasteiger partial charge on any atom is 0.256 e. The van der Waals surface area contributed by atoms with Crippen molar-refractivity contribution < 1.29 is 13.2 Å². The summed E-state index contributed by atoms with van der Waals surface area (Å²) < 4.78 is 28.1. The molecule has 0 radical (unpaired) electrons. The molecule has 0 saturated heterocycles. The van der Waals surface area contributed by atoms with E-state index in [1.54, 1.807) is 31.3 Å². The molecule has 41 heavy (non-hydrogen) atoms. The van der Waals surface area contributed by atoms with Crippen LogP contribution in [-0.4, -0.2) is 48.1 Å². The number of fused-ring (bicyclic) bond motifs is 2. The number of hydrogen-bond acceptors (Lipinski definition) is 5. The molecule has 1 amide bonds. The Morgan fingerprint density at radius 3 is 2.41 bits per heavy atom. The maximum absolute atomic E-state index is 13.9. The van der Waals surface area contributed by atoms with Gasteiger partial charge >= 0.3 is 0 Å². The third-order valence-electron chi connectivity index (χ3n) is 8.48. The van der Waals surface area contributed by atoms with Crippen LogP contribution >= 0.6 is 0 Å². The number of aromatic nitrogens is 1. The zero-order valence-corrected chi connectivity index (χ0v) is 24.2. The largest absolute Gasteiger partial charge is 0.322 e. The summed E-state index contributed by atoms with van der Waals surface area (Å²) in [6, 6.07) is 24.7. The van der Waals surface area contributed by atoms with Crippen molar-refractivity contribution in [2.45, 2.75) is 62.6 Å². The summed E-state index contributed by atoms with van der Waals surface area (Å²) in [6.07, 6.45) is 5.86. The first-order valence-electron chi connectivity index (χ1n) is 14.5. The van der Waals surface area contributed by atoms with Gasteiger partial charge in [0.15, 0.2) is 0 Å². The van der Waals surface area contributed by atoms with E-state index in [9.17, 15) is 13.2 Å². The van der Waals surface area contributed by atoms with Gasteiger partial charge in [-0.25, -0.2) is 8.42 Å². The molecular weight excluding hydrogens is 532 g/mol. The van der Waals surface area contributed by atoms with Crippen LogP contribution in [0.3, 0.4) is 0 Å². The monoisotopic (exact) mass is 568 g/mol. The van der Waals surface area contributed by atoms with E-state index in [0.29, 0.717) is 17.8 Å². The molecule has 1 saturated carbocycles. The highest BCUT2D eigenvalue weighted by Crippen LogP contribution is 2.31. The van der Waals surface area contributed by atoms with Crippen LogP contribution in [0.5, 0.6) is 0 Å². The number of anilines is 1. The van der Waals surface area contributed by atoms with Crippen LogP contribution in [0.4, 0.5) is 5.69 Å². The highest BCUT2D eigenvalue weighted by molar-refractivity contribution is 7.89. The molecule has 0 bridgehead atoms. The molecule has 2 aliphatic rings. The quantitative estimate of drug-likeness (QED) is 0.296. The minimum Gasteiger partial charge on any atom is -0.322 e. The average Bonchev–Trinajstić information content (AvgIpc) is 3.00. The van der Waals surface area contributed by atoms with E-state index in [4.69, 9.17) is 4.98 Å². The van der Waals surface area contributed by atoms with Crippen LogP contribution in [0.15, 0.2) is 83.8 Å². The molecule has 7 nitrogen and oxygen atoms in total. The van der Waals surface area contributed by atoms with E-state index >= 15 is 0 Å². The number of hydrogen-bond donors (Lipinski definition) is 1. The number of rotatable bonds is 7. The molecule has 8 heteroatoms. The lowest BCUT2D eigenvalue weighted by Gasteiger charge is -2.30. The van der Waals surface area contributed by atoms with Crippen molar-refractivity contribution in [3.8, 4) is 0 Å². The van der Waals surface area contributed by atoms with E-state index < -0.39 is 10.0 Å². The summed E-state index contributed by atoms with van der Waals surface area (Å²) in [5.74, 6) is -0.212. The first-order chi connectivity index (χ1) is 19.9. The third-order valence-corrected chi connectivity index (χ3v) is 10.4. The van der Waals surface area contributed by atoms with Crippen molar-refractivity contribution in [3.63, 3.8) is 0 Å². The van der Waals surface area contributed by atoms with E-state index in [-0.39, 0.29) is 16.8 Å². The van der Waals surface area contributed by atoms with Crippen molar-refractivity contribution in [3.05, 3.63) is 101 Å². The lowest BCUT2D eigenvalue weighted by Crippen LogP contribution is -2.38. The Kier molecular flexibility index (Phi) is 7.88. The first kappa shape index (κ1) is 27.6. The van der Waals surface area contributed by atoms with Crippen LogP contribution in [0.25, 0.3) is 10.9 Å². The van der Waals surface area contributed by atoms with Gasteiger partial charge in [0.05, 0.1) is 16.0 Å². The number of carbonyl (C=O) groups is 1. The number of carbonyl (C=O) groups excluding carboxylic acids is 1. The van der Waals surface area contributed by atoms with E-state index in [1.807, 2.05) is 42.5 Å². The zero-order chi connectivity index (χ0) is 28.4. The lowest BCUT2D eigenvalue weighted by atomic mass is 9.95. The maximum atomic E-state index is 13.9. The van der Waals surface area contributed by atoms with Gasteiger partial charge < -0.3 is 5.32 Å². The third kappa shape index (κ3) is 5.77. The number of benzene rings is 3. The zero-order valence-electron chi connectivity index (χ0n) is 23.4. The topological polar surface area (TPSA) is 82.6 Å². The Labute approximate surface area is 242 Å². The average molecular weight is 569 g/mol. The Morgan fingerprint density at radius 2 is 1.66 bits per heavy atom. The van der Waals surface area contributed by atoms with Gasteiger partial charge in [-0.15, -0.1) is 0 Å². The number of pyridine rings is 1. The summed E-state index contributed by atoms with van der Waals surface area (Å²) in [6.45, 7) is 2.31. The highest BCUT2D eigenvalue weighted by atomic mass is 32.2. The number of para-hydroxylation sites is 1. The number of nitrogens with one attached hydrogen (secondary N) is 1. The molecular formula is C33H36N4O3S. The molecule has 3 aromatic carbocycles. The molecule has 1 aliphatic carbocycles. The highest BCUT2D eigenvalue weighted by Gasteiger charge is 2.29. The Balaban J connectivity index is 1.26. The second-order valence-electron chi connectivity index (χ2n) is 11.2. The summed E-state index contributed by atoms with van der Waals surface area (Å²) in [7, 11) is -1.92. The van der Waals surface area contributed by atoms with Crippen LogP contribution in [-0.2, 0) is 29.5 Å². The van der Waals surface area contributed by atoms with Gasteiger partial charge in [0, 0.05) is 61.5 Å². The molecule has 6 rings (SSSR count). The fourth-order valence-corrected chi connectivity index (χ4v) is 7.61. The van der Waals surface area contributed by atoms with Crippen molar-refractivity contribution in [1.29, 1.82) is 0 Å². The van der Waals surface area contributed by atoms with Gasteiger partial charge in [0.1, 0.15) is 0 Å². The predicted molar refractivity (Wildman–Crippen MR) is 162 cm³/mol. The molecule has 0 spiro atoms. The molecule has 0 unspecified atom stereocenters. The van der Waals surface area contributed by atoms with Crippen LogP contribution in [0.2, 0.25) is 0 Å². The standard InChI is InChI=1S/C33H36N4O3S/c1-36(26-12-6-3-7-13-26)41(39,40)27-18-16-25(17-19-27)34-33(38)32-28-14-8-9-15-30(28)35-31-20-21-37(23-29(31)32)22-24-10-4-2-5-11-24/h2,4-5,8-11,14-19,26H,3,6-7,12-13,20-23H2,1H3,(H,34,38). The number of nitrogens with zero attached hydrogens (tertiary/aromatic N) is 3. The van der Waals surface area contributed by atoms with Gasteiger partial charge in [-0.2, -0.15) is 4.31 Å². The van der Waals surface area contributed by atoms with Crippen molar-refractivity contribution >= 4 is 32.5 Å². The minimum absolute atomic E-state index is 0.0423. The molecule has 0 atom stereocenters. The second kappa shape index (κ2) is 11.7. The van der Waals surface area contributed by atoms with Crippen LogP contribution in [0.1, 0.15) is 59.3 Å². The van der Waals surface area contributed by atoms with Gasteiger partial charge in [-0.3, -0.25) is 14.7 Å². The molecule has 212 valence electrons. The summed E-state index contributed by atoms with van der Waals surface area (Å²) in [5, 5.41) is 3.86. The van der Waals surface area contributed by atoms with Crippen molar-refractivity contribution in [2.75, 3.05) is 18.9 Å². The SMILES string of the molecule is CN(C1CCCCC1)S(=O)(=O)c1ccc(NC(=O)c2c3c(nc4ccccc24)CCN(Cc2ccccc2)C3)cc1. The normalized spacial score (nSPS) is 16.5. The van der Waals surface area contributed by atoms with Gasteiger partial charge in [-0.1, -0.05) is 67.8 Å². The molecule has 1 N–H and O–H groups in total. The molecule has 1 fully saturated rings. The van der Waals surface area contributed by atoms with Gasteiger partial charge in [0.25, 0.3) is 5.91 Å². The molecule has 1 aromatic heterocycles. The van der Waals surface area contributed by atoms with Gasteiger partial charge in [-0.05, 0) is 48.7 Å². The smallest absolute Gasteiger partial charge is 0.256 e. The Hall–Kier alpha value is -3.59. The first-order valence-corrected chi connectivity index (χ1v) is 15.9. The van der Waals surface area contributed by atoms with Crippen molar-refractivity contribution in [1.82, 2.24) is 14.2 Å². The van der Waals surface area contributed by atoms with Gasteiger partial charge in [0.2, 0.25) is 10.0 Å². The Bertz CT molecular complexity index is 1650. The summed E-state index contributed by atoms with van der Waals surface area (Å²) in [4.78, 5) is 21.4. The summed E-state index contributed by atoms with van der Waals surface area (Å²) in [5.41, 5.74) is 5.15. The summed E-state index contributed by atoms with van der Waals surface area (Å²) >= 11 is 0. The predicted octanol–water partition coefficient (Wildman–Crippen LogP) is 6.00. The second-order valence-corrected chi connectivity index (χ2v) is 13.2. The van der Waals surface area contributed by atoms with E-state index in [1.165, 1.54) is 16.3 Å². The molecule has 4 aromatic rings. The van der Waals surface area contributed by atoms with Crippen molar-refractivity contribution in [2.24, 2.45) is 0 Å². The lowest BCUT2D eigenvalue weighted by molar-refractivity contribution is 0.102. The number of sulfonamides is 1. The van der Waals surface area contributed by atoms with Crippen LogP contribution in [0, 0.1) is 0 Å². The molecule has 2 heterocycles. The molecule has 1 aliphatic heterocycles. The van der Waals surface area contributed by atoms with E-state index in [0.717, 1.165) is 67.4 Å². The minimum atomic E-state index is -3.60. The van der Waals surface area contributed by atoms with Crippen LogP contribution < -0.4 is 5.32 Å². The number of amides is 1. The Morgan fingerprint density at radius 1 is 0.951 bits per heavy atom. The van der Waals surface area contributed by atoms with E-state index in [2.05, 4.69) is 22.3 Å². The fourth-order valence-electron chi connectivity index (χ4n) is 6.19.